The fraction of sp³-hybridized carbons (Fsp3) is 0.500. The Morgan fingerprint density at radius 2 is 1.58 bits per heavy atom. The number of carbonyl (C=O) groups excluding carboxylic acids is 1. The maximum atomic E-state index is 14.3. The van der Waals surface area contributed by atoms with E-state index in [1.165, 1.54) is 24.3 Å². The highest BCUT2D eigenvalue weighted by atomic mass is 19.4. The summed E-state index contributed by atoms with van der Waals surface area (Å²) in [7, 11) is 0. The van der Waals surface area contributed by atoms with Crippen LogP contribution >= 0.6 is 0 Å². The molecule has 0 atom stereocenters. The largest absolute Gasteiger partial charge is 0.432 e. The lowest BCUT2D eigenvalue weighted by Crippen LogP contribution is -2.37. The fourth-order valence-corrected chi connectivity index (χ4v) is 3.00. The molecule has 2 rings (SSSR count). The lowest BCUT2D eigenvalue weighted by Gasteiger charge is -2.33. The van der Waals surface area contributed by atoms with Crippen molar-refractivity contribution in [3.63, 3.8) is 0 Å². The molecule has 8 heteroatoms. The first-order valence-corrected chi connectivity index (χ1v) is 8.17. The van der Waals surface area contributed by atoms with E-state index in [-0.39, 0.29) is 37.2 Å². The average Bonchev–Trinajstić information content (AvgIpc) is 2.55. The van der Waals surface area contributed by atoms with Crippen LogP contribution in [0.4, 0.5) is 22.0 Å². The van der Waals surface area contributed by atoms with Gasteiger partial charge in [0.1, 0.15) is 11.5 Å². The van der Waals surface area contributed by atoms with Gasteiger partial charge in [0, 0.05) is 12.5 Å². The normalized spacial score (nSPS) is 21.1. The number of esters is 1. The third-order valence-electron chi connectivity index (χ3n) is 4.30. The second kappa shape index (κ2) is 8.05. The smallest absolute Gasteiger partial charge is 0.400 e. The van der Waals surface area contributed by atoms with Gasteiger partial charge in [-0.3, -0.25) is 0 Å². The molecule has 26 heavy (non-hydrogen) atoms. The van der Waals surface area contributed by atoms with Crippen LogP contribution in [0.2, 0.25) is 0 Å². The molecule has 0 aromatic heterocycles. The van der Waals surface area contributed by atoms with E-state index in [1.54, 1.807) is 0 Å². The molecule has 1 aliphatic rings. The molecule has 0 amide bonds. The van der Waals surface area contributed by atoms with Crippen molar-refractivity contribution in [3.8, 4) is 11.5 Å². The zero-order chi connectivity index (χ0) is 19.4. The maximum Gasteiger partial charge on any atom is 0.400 e. The van der Waals surface area contributed by atoms with Gasteiger partial charge in [0.05, 0.1) is 5.92 Å². The molecule has 0 radical (unpaired) electrons. The number of carbonyl (C=O) groups is 1. The fourth-order valence-electron chi connectivity index (χ4n) is 3.00. The molecule has 0 aliphatic heterocycles. The van der Waals surface area contributed by atoms with Crippen LogP contribution in [0.15, 0.2) is 36.9 Å². The van der Waals surface area contributed by atoms with Crippen LogP contribution in [0.1, 0.15) is 32.1 Å². The Kier molecular flexibility index (Phi) is 6.26. The highest BCUT2D eigenvalue weighted by Crippen LogP contribution is 2.42. The molecule has 0 heterocycles. The van der Waals surface area contributed by atoms with E-state index in [0.717, 1.165) is 6.08 Å². The predicted octanol–water partition coefficient (Wildman–Crippen LogP) is 5.51. The minimum atomic E-state index is -4.27. The van der Waals surface area contributed by atoms with E-state index in [0.29, 0.717) is 0 Å². The molecule has 1 aromatic rings. The number of hydrogen-bond acceptors (Lipinski definition) is 3. The molecule has 0 saturated heterocycles. The predicted molar refractivity (Wildman–Crippen MR) is 84.0 cm³/mol. The summed E-state index contributed by atoms with van der Waals surface area (Å²) in [6.45, 7) is 3.24. The van der Waals surface area contributed by atoms with E-state index < -0.39 is 36.5 Å². The van der Waals surface area contributed by atoms with E-state index in [4.69, 9.17) is 9.47 Å². The Hall–Kier alpha value is -2.12. The van der Waals surface area contributed by atoms with Crippen molar-refractivity contribution in [1.82, 2.24) is 0 Å². The lowest BCUT2D eigenvalue weighted by atomic mass is 9.80. The van der Waals surface area contributed by atoms with Gasteiger partial charge in [-0.2, -0.15) is 22.0 Å². The number of hydrogen-bond donors (Lipinski definition) is 0. The highest BCUT2D eigenvalue weighted by Gasteiger charge is 2.45. The van der Waals surface area contributed by atoms with Crippen LogP contribution in [0, 0.1) is 11.8 Å². The molecular weight excluding hydrogens is 359 g/mol. The van der Waals surface area contributed by atoms with Gasteiger partial charge in [-0.25, -0.2) is 4.79 Å². The number of halogens is 5. The summed E-state index contributed by atoms with van der Waals surface area (Å²) in [5.74, 6) is -2.39. The molecule has 0 unspecified atom stereocenters. The Bertz CT molecular complexity index is 617. The van der Waals surface area contributed by atoms with Gasteiger partial charge in [-0.05, 0) is 55.9 Å². The van der Waals surface area contributed by atoms with E-state index in [9.17, 15) is 26.7 Å². The Morgan fingerprint density at radius 1 is 1.04 bits per heavy atom. The van der Waals surface area contributed by atoms with Crippen molar-refractivity contribution in [1.29, 1.82) is 0 Å². The SMILES string of the molecule is C=CC(=O)Oc1ccc(OC(F)(F)C2CCC(CC(F)(F)F)CC2)cc1. The third-order valence-corrected chi connectivity index (χ3v) is 4.30. The van der Waals surface area contributed by atoms with Gasteiger partial charge in [-0.1, -0.05) is 6.58 Å². The minimum Gasteiger partial charge on any atom is -0.432 e. The Balaban J connectivity index is 1.90. The van der Waals surface area contributed by atoms with Crippen molar-refractivity contribution >= 4 is 5.97 Å². The van der Waals surface area contributed by atoms with Gasteiger partial charge in [0.15, 0.2) is 0 Å². The third kappa shape index (κ3) is 6.00. The first kappa shape index (κ1) is 20.2. The molecule has 1 saturated carbocycles. The second-order valence-corrected chi connectivity index (χ2v) is 6.30. The van der Waals surface area contributed by atoms with Gasteiger partial charge in [0.2, 0.25) is 0 Å². The topological polar surface area (TPSA) is 35.5 Å². The first-order chi connectivity index (χ1) is 12.1. The van der Waals surface area contributed by atoms with Crippen LogP contribution in [0.5, 0.6) is 11.5 Å². The van der Waals surface area contributed by atoms with E-state index in [2.05, 4.69) is 6.58 Å². The van der Waals surface area contributed by atoms with Crippen molar-refractivity contribution in [3.05, 3.63) is 36.9 Å². The van der Waals surface area contributed by atoms with Gasteiger partial charge in [0.25, 0.3) is 0 Å². The summed E-state index contributed by atoms with van der Waals surface area (Å²) in [5, 5.41) is 0. The van der Waals surface area contributed by atoms with Crippen molar-refractivity contribution < 1.29 is 36.2 Å². The van der Waals surface area contributed by atoms with Crippen LogP contribution in [-0.4, -0.2) is 18.3 Å². The van der Waals surface area contributed by atoms with Gasteiger partial charge >= 0.3 is 18.3 Å². The minimum absolute atomic E-state index is 0.0250. The number of alkyl halides is 5. The summed E-state index contributed by atoms with van der Waals surface area (Å²) in [4.78, 5) is 11.1. The molecule has 1 aliphatic carbocycles. The molecular formula is C18H19F5O3. The van der Waals surface area contributed by atoms with Crippen molar-refractivity contribution in [2.75, 3.05) is 0 Å². The molecule has 3 nitrogen and oxygen atoms in total. The molecule has 1 aromatic carbocycles. The first-order valence-electron chi connectivity index (χ1n) is 8.17. The van der Waals surface area contributed by atoms with Crippen molar-refractivity contribution in [2.45, 2.75) is 44.4 Å². The summed E-state index contributed by atoms with van der Waals surface area (Å²) < 4.78 is 75.3. The standard InChI is InChI=1S/C18H19F5O3/c1-2-16(24)25-14-7-9-15(10-8-14)26-18(22,23)13-5-3-12(4-6-13)11-17(19,20)21/h2,7-10,12-13H,1,3-6,11H2. The summed E-state index contributed by atoms with van der Waals surface area (Å²) >= 11 is 0. The summed E-state index contributed by atoms with van der Waals surface area (Å²) in [6, 6.07) is 5.06. The maximum absolute atomic E-state index is 14.3. The van der Waals surface area contributed by atoms with Gasteiger partial charge in [-0.15, -0.1) is 0 Å². The Labute approximate surface area is 147 Å². The molecule has 0 N–H and O–H groups in total. The molecule has 0 spiro atoms. The van der Waals surface area contributed by atoms with Gasteiger partial charge < -0.3 is 9.47 Å². The lowest BCUT2D eigenvalue weighted by molar-refractivity contribution is -0.225. The van der Waals surface area contributed by atoms with E-state index in [1.807, 2.05) is 0 Å². The number of ether oxygens (including phenoxy) is 2. The van der Waals surface area contributed by atoms with Crippen LogP contribution < -0.4 is 9.47 Å². The monoisotopic (exact) mass is 378 g/mol. The molecule has 0 bridgehead atoms. The molecule has 1 fully saturated rings. The zero-order valence-electron chi connectivity index (χ0n) is 13.9. The van der Waals surface area contributed by atoms with Crippen molar-refractivity contribution in [2.24, 2.45) is 11.8 Å². The number of rotatable bonds is 6. The van der Waals surface area contributed by atoms with Crippen LogP contribution in [0.3, 0.4) is 0 Å². The summed E-state index contributed by atoms with van der Waals surface area (Å²) in [6.07, 6.45) is -7.58. The van der Waals surface area contributed by atoms with E-state index >= 15 is 0 Å². The molecule has 144 valence electrons. The second-order valence-electron chi connectivity index (χ2n) is 6.30. The zero-order valence-corrected chi connectivity index (χ0v) is 13.9. The number of benzene rings is 1. The Morgan fingerprint density at radius 3 is 2.08 bits per heavy atom. The summed E-state index contributed by atoms with van der Waals surface area (Å²) in [5.41, 5.74) is 0. The van der Waals surface area contributed by atoms with Crippen LogP contribution in [-0.2, 0) is 4.79 Å². The highest BCUT2D eigenvalue weighted by molar-refractivity contribution is 5.83. The van der Waals surface area contributed by atoms with Crippen LogP contribution in [0.25, 0.3) is 0 Å². The average molecular weight is 378 g/mol. The quantitative estimate of drug-likeness (QED) is 0.283.